The van der Waals surface area contributed by atoms with Crippen molar-refractivity contribution >= 4 is 16.6 Å². The van der Waals surface area contributed by atoms with Gasteiger partial charge in [0.1, 0.15) is 0 Å². The highest BCUT2D eigenvalue weighted by molar-refractivity contribution is 6.07. The molecule has 2 aromatic carbocycles. The van der Waals surface area contributed by atoms with E-state index in [-0.39, 0.29) is 5.78 Å². The molecule has 0 aliphatic heterocycles. The van der Waals surface area contributed by atoms with E-state index in [1.54, 1.807) is 12.4 Å². The fourth-order valence-corrected chi connectivity index (χ4v) is 3.02. The summed E-state index contributed by atoms with van der Waals surface area (Å²) < 4.78 is 1.91. The molecule has 0 saturated carbocycles. The minimum absolute atomic E-state index is 0.110. The second kappa shape index (κ2) is 6.65. The van der Waals surface area contributed by atoms with E-state index < -0.39 is 0 Å². The number of pyridine rings is 2. The second-order valence-corrected chi connectivity index (χ2v) is 5.94. The largest absolute Gasteiger partial charge is 0.287 e. The van der Waals surface area contributed by atoms with Crippen LogP contribution in [-0.4, -0.2) is 10.8 Å². The molecule has 2 aromatic heterocycles. The molecule has 0 unspecified atom stereocenters. The maximum Gasteiger partial charge on any atom is 0.228 e. The number of benzene rings is 2. The van der Waals surface area contributed by atoms with Crippen molar-refractivity contribution < 1.29 is 9.36 Å². The number of carbonyl (C=O) groups is 1. The first-order valence-electron chi connectivity index (χ1n) is 8.22. The van der Waals surface area contributed by atoms with Crippen molar-refractivity contribution in [1.82, 2.24) is 4.98 Å². The van der Waals surface area contributed by atoms with Crippen molar-refractivity contribution in [1.29, 1.82) is 0 Å². The van der Waals surface area contributed by atoms with Crippen LogP contribution in [0.15, 0.2) is 91.5 Å². The lowest BCUT2D eigenvalue weighted by molar-refractivity contribution is -0.683. The summed E-state index contributed by atoms with van der Waals surface area (Å²) in [5, 5.41) is 2.09. The molecule has 4 aromatic rings. The molecule has 0 saturated heterocycles. The number of ketones is 1. The summed E-state index contributed by atoms with van der Waals surface area (Å²) in [4.78, 5) is 16.8. The molecule has 0 atom stereocenters. The normalized spacial score (nSPS) is 10.7. The predicted molar refractivity (Wildman–Crippen MR) is 98.1 cm³/mol. The van der Waals surface area contributed by atoms with Gasteiger partial charge in [-0.3, -0.25) is 9.78 Å². The molecule has 0 N–H and O–H groups in total. The van der Waals surface area contributed by atoms with Gasteiger partial charge in [0.25, 0.3) is 0 Å². The SMILES string of the molecule is O=C(C[n+]1ccc(-c2ccncc2)cc1)c1cccc2ccccc12. The zero-order valence-corrected chi connectivity index (χ0v) is 13.7. The molecular formula is C22H17N2O+. The van der Waals surface area contributed by atoms with E-state index in [0.717, 1.165) is 27.5 Å². The summed E-state index contributed by atoms with van der Waals surface area (Å²) in [6.45, 7) is 0.324. The molecule has 0 spiro atoms. The van der Waals surface area contributed by atoms with Gasteiger partial charge in [-0.15, -0.1) is 0 Å². The Hall–Kier alpha value is -3.33. The van der Waals surface area contributed by atoms with E-state index in [9.17, 15) is 4.79 Å². The third kappa shape index (κ3) is 3.17. The molecule has 0 aliphatic rings. The van der Waals surface area contributed by atoms with Gasteiger partial charge in [-0.05, 0) is 34.0 Å². The first-order chi connectivity index (χ1) is 12.3. The molecule has 3 nitrogen and oxygen atoms in total. The third-order valence-corrected chi connectivity index (χ3v) is 4.32. The predicted octanol–water partition coefficient (Wildman–Crippen LogP) is 4.07. The van der Waals surface area contributed by atoms with Gasteiger partial charge in [-0.25, -0.2) is 0 Å². The van der Waals surface area contributed by atoms with Crippen molar-refractivity contribution in [2.24, 2.45) is 0 Å². The Morgan fingerprint density at radius 3 is 2.28 bits per heavy atom. The number of hydrogen-bond donors (Lipinski definition) is 0. The summed E-state index contributed by atoms with van der Waals surface area (Å²) in [7, 11) is 0. The van der Waals surface area contributed by atoms with Crippen molar-refractivity contribution in [3.05, 3.63) is 97.1 Å². The van der Waals surface area contributed by atoms with Gasteiger partial charge in [0, 0.05) is 30.1 Å². The number of rotatable bonds is 4. The number of aromatic nitrogens is 2. The molecule has 3 heteroatoms. The molecule has 25 heavy (non-hydrogen) atoms. The zero-order valence-electron chi connectivity index (χ0n) is 13.7. The zero-order chi connectivity index (χ0) is 17.1. The van der Waals surface area contributed by atoms with Crippen LogP contribution in [-0.2, 0) is 6.54 Å². The standard InChI is InChI=1S/C22H17N2O/c25-22(21-7-3-5-19-4-1-2-6-20(19)21)16-24-14-10-18(11-15-24)17-8-12-23-13-9-17/h1-15H,16H2/q+1. The van der Waals surface area contributed by atoms with Gasteiger partial charge in [0.05, 0.1) is 0 Å². The monoisotopic (exact) mass is 325 g/mol. The summed E-state index contributed by atoms with van der Waals surface area (Å²) in [6, 6.07) is 21.8. The van der Waals surface area contributed by atoms with Crippen LogP contribution in [0.4, 0.5) is 0 Å². The van der Waals surface area contributed by atoms with Gasteiger partial charge in [0.15, 0.2) is 12.4 Å². The highest BCUT2D eigenvalue weighted by Gasteiger charge is 2.14. The smallest absolute Gasteiger partial charge is 0.228 e. The van der Waals surface area contributed by atoms with E-state index in [2.05, 4.69) is 4.98 Å². The molecule has 0 fully saturated rings. The minimum atomic E-state index is 0.110. The van der Waals surface area contributed by atoms with Crippen molar-refractivity contribution in [2.45, 2.75) is 6.54 Å². The average molecular weight is 325 g/mol. The molecule has 0 amide bonds. The maximum absolute atomic E-state index is 12.8. The summed E-state index contributed by atoms with van der Waals surface area (Å²) >= 11 is 0. The van der Waals surface area contributed by atoms with Crippen LogP contribution < -0.4 is 4.57 Å². The van der Waals surface area contributed by atoms with Gasteiger partial charge >= 0.3 is 0 Å². The lowest BCUT2D eigenvalue weighted by Gasteiger charge is -2.04. The van der Waals surface area contributed by atoms with Crippen LogP contribution in [0.3, 0.4) is 0 Å². The minimum Gasteiger partial charge on any atom is -0.287 e. The fourth-order valence-electron chi connectivity index (χ4n) is 3.02. The Balaban J connectivity index is 1.58. The van der Waals surface area contributed by atoms with E-state index in [0.29, 0.717) is 6.54 Å². The molecule has 120 valence electrons. The first kappa shape index (κ1) is 15.2. The van der Waals surface area contributed by atoms with Crippen LogP contribution in [0.5, 0.6) is 0 Å². The molecule has 0 aliphatic carbocycles. The number of nitrogens with zero attached hydrogens (tertiary/aromatic N) is 2. The van der Waals surface area contributed by atoms with Crippen molar-refractivity contribution in [3.63, 3.8) is 0 Å². The third-order valence-electron chi connectivity index (χ3n) is 4.32. The van der Waals surface area contributed by atoms with E-state index >= 15 is 0 Å². The van der Waals surface area contributed by atoms with Gasteiger partial charge in [-0.2, -0.15) is 4.57 Å². The molecular weight excluding hydrogens is 308 g/mol. The quantitative estimate of drug-likeness (QED) is 0.419. The highest BCUT2D eigenvalue weighted by Crippen LogP contribution is 2.19. The number of Topliss-reactive ketones (excluding diaryl/α,β-unsaturated/α-hetero) is 1. The van der Waals surface area contributed by atoms with Gasteiger partial charge < -0.3 is 0 Å². The highest BCUT2D eigenvalue weighted by atomic mass is 16.1. The maximum atomic E-state index is 12.8. The Morgan fingerprint density at radius 2 is 1.48 bits per heavy atom. The van der Waals surface area contributed by atoms with Crippen molar-refractivity contribution in [3.8, 4) is 11.1 Å². The Labute approximate surface area is 146 Å². The summed E-state index contributed by atoms with van der Waals surface area (Å²) in [6.07, 6.45) is 7.44. The second-order valence-electron chi connectivity index (χ2n) is 5.94. The van der Waals surface area contributed by atoms with E-state index in [1.807, 2.05) is 83.7 Å². The average Bonchev–Trinajstić information content (AvgIpc) is 2.69. The Morgan fingerprint density at radius 1 is 0.800 bits per heavy atom. The van der Waals surface area contributed by atoms with Crippen LogP contribution in [0.1, 0.15) is 10.4 Å². The summed E-state index contributed by atoms with van der Waals surface area (Å²) in [5.74, 6) is 0.110. The molecule has 4 rings (SSSR count). The lowest BCUT2D eigenvalue weighted by Crippen LogP contribution is -2.37. The van der Waals surface area contributed by atoms with Crippen LogP contribution in [0.2, 0.25) is 0 Å². The van der Waals surface area contributed by atoms with Crippen LogP contribution in [0.25, 0.3) is 21.9 Å². The number of carbonyl (C=O) groups excluding carboxylic acids is 1. The number of fused-ring (bicyclic) bond motifs is 1. The number of hydrogen-bond acceptors (Lipinski definition) is 2. The first-order valence-corrected chi connectivity index (χ1v) is 8.22. The fraction of sp³-hybridized carbons (Fsp3) is 0.0455. The van der Waals surface area contributed by atoms with Crippen LogP contribution in [0, 0.1) is 0 Å². The van der Waals surface area contributed by atoms with Crippen molar-refractivity contribution in [2.75, 3.05) is 0 Å². The molecule has 2 heterocycles. The summed E-state index contributed by atoms with van der Waals surface area (Å²) in [5.41, 5.74) is 2.99. The molecule has 0 radical (unpaired) electrons. The van der Waals surface area contributed by atoms with E-state index in [4.69, 9.17) is 0 Å². The lowest BCUT2D eigenvalue weighted by atomic mass is 10.0. The van der Waals surface area contributed by atoms with E-state index in [1.165, 1.54) is 0 Å². The Bertz CT molecular complexity index is 1020. The van der Waals surface area contributed by atoms with Crippen LogP contribution >= 0.6 is 0 Å². The Kier molecular flexibility index (Phi) is 4.05. The van der Waals surface area contributed by atoms with Gasteiger partial charge in [0.2, 0.25) is 12.3 Å². The van der Waals surface area contributed by atoms with Gasteiger partial charge in [-0.1, -0.05) is 42.5 Å². The molecule has 0 bridgehead atoms. The topological polar surface area (TPSA) is 33.8 Å².